The summed E-state index contributed by atoms with van der Waals surface area (Å²) in [5.41, 5.74) is 2.21. The Bertz CT molecular complexity index is 516. The second kappa shape index (κ2) is 6.48. The average Bonchev–Trinajstić information content (AvgIpc) is 2.83. The molecule has 1 amide bonds. The van der Waals surface area contributed by atoms with Crippen molar-refractivity contribution in [1.29, 1.82) is 0 Å². The van der Waals surface area contributed by atoms with Gasteiger partial charge in [0.15, 0.2) is 0 Å². The van der Waals surface area contributed by atoms with E-state index in [4.69, 9.17) is 4.74 Å². The van der Waals surface area contributed by atoms with Crippen molar-refractivity contribution in [1.82, 2.24) is 10.2 Å². The first kappa shape index (κ1) is 15.8. The van der Waals surface area contributed by atoms with Gasteiger partial charge in [-0.1, -0.05) is 19.9 Å². The molecule has 1 N–H and O–H groups in total. The Morgan fingerprint density at radius 3 is 2.62 bits per heavy atom. The van der Waals surface area contributed by atoms with Gasteiger partial charge in [0.05, 0.1) is 13.2 Å². The Balaban J connectivity index is 2.35. The molecule has 0 aliphatic carbocycles. The summed E-state index contributed by atoms with van der Waals surface area (Å²) >= 11 is 0. The number of benzene rings is 1. The monoisotopic (exact) mass is 290 g/mol. The normalized spacial score (nSPS) is 23.5. The average molecular weight is 290 g/mol. The lowest BCUT2D eigenvalue weighted by Gasteiger charge is -2.30. The van der Waals surface area contributed by atoms with Gasteiger partial charge in [-0.05, 0) is 49.9 Å². The Morgan fingerprint density at radius 1 is 1.38 bits per heavy atom. The number of aryl methyl sites for hydroxylation is 1. The maximum Gasteiger partial charge on any atom is 0.241 e. The topological polar surface area (TPSA) is 41.6 Å². The van der Waals surface area contributed by atoms with Crippen LogP contribution in [-0.2, 0) is 4.79 Å². The molecule has 1 aliphatic rings. The maximum absolute atomic E-state index is 12.6. The van der Waals surface area contributed by atoms with E-state index in [0.29, 0.717) is 0 Å². The van der Waals surface area contributed by atoms with Crippen LogP contribution in [0.5, 0.6) is 5.75 Å². The van der Waals surface area contributed by atoms with Crippen LogP contribution in [-0.4, -0.2) is 30.0 Å². The molecule has 116 valence electrons. The van der Waals surface area contributed by atoms with Crippen LogP contribution in [0.4, 0.5) is 0 Å². The minimum absolute atomic E-state index is 0.0398. The van der Waals surface area contributed by atoms with E-state index < -0.39 is 0 Å². The molecule has 3 unspecified atom stereocenters. The third-order valence-corrected chi connectivity index (χ3v) is 4.40. The first-order chi connectivity index (χ1) is 10.0. The summed E-state index contributed by atoms with van der Waals surface area (Å²) in [6.07, 6.45) is 1.73. The molecule has 1 aromatic rings. The Morgan fingerprint density at radius 2 is 2.10 bits per heavy atom. The summed E-state index contributed by atoms with van der Waals surface area (Å²) in [7, 11) is 1.68. The van der Waals surface area contributed by atoms with Crippen molar-refractivity contribution in [2.75, 3.05) is 7.11 Å². The summed E-state index contributed by atoms with van der Waals surface area (Å²) in [5.74, 6) is 1.09. The van der Waals surface area contributed by atoms with Gasteiger partial charge in [0.25, 0.3) is 0 Å². The van der Waals surface area contributed by atoms with Crippen LogP contribution in [0.2, 0.25) is 0 Å². The van der Waals surface area contributed by atoms with E-state index in [0.717, 1.165) is 29.7 Å². The van der Waals surface area contributed by atoms with Gasteiger partial charge in [0, 0.05) is 6.04 Å². The summed E-state index contributed by atoms with van der Waals surface area (Å²) in [4.78, 5) is 14.6. The summed E-state index contributed by atoms with van der Waals surface area (Å²) < 4.78 is 5.32. The maximum atomic E-state index is 12.6. The van der Waals surface area contributed by atoms with E-state index in [1.807, 2.05) is 30.9 Å². The fourth-order valence-electron chi connectivity index (χ4n) is 2.94. The molecule has 1 fully saturated rings. The third-order valence-electron chi connectivity index (χ3n) is 4.40. The van der Waals surface area contributed by atoms with Gasteiger partial charge in [0.1, 0.15) is 11.9 Å². The number of ether oxygens (including phenoxy) is 1. The highest BCUT2D eigenvalue weighted by Crippen LogP contribution is 2.31. The minimum Gasteiger partial charge on any atom is -0.496 e. The molecule has 0 radical (unpaired) electrons. The highest BCUT2D eigenvalue weighted by molar-refractivity contribution is 5.84. The van der Waals surface area contributed by atoms with Crippen LogP contribution >= 0.6 is 0 Å². The Hall–Kier alpha value is -1.55. The minimum atomic E-state index is -0.0774. The van der Waals surface area contributed by atoms with Gasteiger partial charge in [-0.3, -0.25) is 10.1 Å². The number of carbonyl (C=O) groups is 1. The predicted octanol–water partition coefficient (Wildman–Crippen LogP) is 3.01. The number of nitrogens with one attached hydrogen (secondary N) is 1. The molecule has 2 rings (SSSR count). The second-order valence-electron chi connectivity index (χ2n) is 5.76. The zero-order chi connectivity index (χ0) is 15.6. The molecule has 1 heterocycles. The molecular weight excluding hydrogens is 264 g/mol. The molecule has 4 heteroatoms. The molecule has 0 bridgehead atoms. The standard InChI is InChI=1S/C17H26N2O2/c1-6-12(4)19-16(18-14(7-2)17(19)20)13-8-9-15(21-5)11(3)10-13/h8-10,12,14,16,18H,6-7H2,1-5H3. The number of hydrogen-bond acceptors (Lipinski definition) is 3. The number of rotatable bonds is 5. The zero-order valence-electron chi connectivity index (χ0n) is 13.6. The smallest absolute Gasteiger partial charge is 0.241 e. The molecule has 0 aromatic heterocycles. The Labute approximate surface area is 127 Å². The summed E-state index contributed by atoms with van der Waals surface area (Å²) in [6, 6.07) is 6.28. The molecule has 1 aliphatic heterocycles. The zero-order valence-corrected chi connectivity index (χ0v) is 13.6. The first-order valence-electron chi connectivity index (χ1n) is 7.76. The van der Waals surface area contributed by atoms with Crippen LogP contribution in [0.1, 0.15) is 50.9 Å². The molecule has 0 spiro atoms. The molecule has 0 saturated carbocycles. The van der Waals surface area contributed by atoms with Crippen LogP contribution in [0, 0.1) is 6.92 Å². The van der Waals surface area contributed by atoms with E-state index in [1.54, 1.807) is 7.11 Å². The van der Waals surface area contributed by atoms with Crippen molar-refractivity contribution in [2.24, 2.45) is 0 Å². The number of nitrogens with zero attached hydrogens (tertiary/aromatic N) is 1. The van der Waals surface area contributed by atoms with E-state index in [9.17, 15) is 4.79 Å². The molecular formula is C17H26N2O2. The van der Waals surface area contributed by atoms with Crippen molar-refractivity contribution in [2.45, 2.75) is 58.8 Å². The molecule has 1 saturated heterocycles. The Kier molecular flexibility index (Phi) is 4.88. The van der Waals surface area contributed by atoms with E-state index in [-0.39, 0.29) is 24.2 Å². The van der Waals surface area contributed by atoms with Gasteiger partial charge in [0.2, 0.25) is 5.91 Å². The van der Waals surface area contributed by atoms with Gasteiger partial charge >= 0.3 is 0 Å². The molecule has 1 aromatic carbocycles. The number of carbonyl (C=O) groups excluding carboxylic acids is 1. The van der Waals surface area contributed by atoms with E-state index >= 15 is 0 Å². The third kappa shape index (κ3) is 2.91. The van der Waals surface area contributed by atoms with E-state index in [1.165, 1.54) is 0 Å². The van der Waals surface area contributed by atoms with Crippen molar-refractivity contribution >= 4 is 5.91 Å². The summed E-state index contributed by atoms with van der Waals surface area (Å²) in [6.45, 7) is 8.31. The first-order valence-corrected chi connectivity index (χ1v) is 7.76. The number of hydrogen-bond donors (Lipinski definition) is 1. The second-order valence-corrected chi connectivity index (χ2v) is 5.76. The fourth-order valence-corrected chi connectivity index (χ4v) is 2.94. The van der Waals surface area contributed by atoms with Crippen LogP contribution in [0.25, 0.3) is 0 Å². The van der Waals surface area contributed by atoms with Gasteiger partial charge < -0.3 is 9.64 Å². The largest absolute Gasteiger partial charge is 0.496 e. The van der Waals surface area contributed by atoms with Crippen LogP contribution in [0.15, 0.2) is 18.2 Å². The number of methoxy groups -OCH3 is 1. The van der Waals surface area contributed by atoms with E-state index in [2.05, 4.69) is 25.2 Å². The molecule has 4 nitrogen and oxygen atoms in total. The molecule has 21 heavy (non-hydrogen) atoms. The van der Waals surface area contributed by atoms with Crippen LogP contribution in [0.3, 0.4) is 0 Å². The lowest BCUT2D eigenvalue weighted by atomic mass is 10.1. The lowest BCUT2D eigenvalue weighted by Crippen LogP contribution is -2.38. The van der Waals surface area contributed by atoms with Crippen molar-refractivity contribution in [3.8, 4) is 5.75 Å². The van der Waals surface area contributed by atoms with Crippen molar-refractivity contribution < 1.29 is 9.53 Å². The van der Waals surface area contributed by atoms with Crippen molar-refractivity contribution in [3.63, 3.8) is 0 Å². The SMILES string of the molecule is CCC1NC(c2ccc(OC)c(C)c2)N(C(C)CC)C1=O. The highest BCUT2D eigenvalue weighted by Gasteiger charge is 2.40. The quantitative estimate of drug-likeness (QED) is 0.906. The van der Waals surface area contributed by atoms with Crippen LogP contribution < -0.4 is 10.1 Å². The predicted molar refractivity (Wildman–Crippen MR) is 84.3 cm³/mol. The lowest BCUT2D eigenvalue weighted by molar-refractivity contribution is -0.132. The number of amides is 1. The van der Waals surface area contributed by atoms with Gasteiger partial charge in [-0.15, -0.1) is 0 Å². The highest BCUT2D eigenvalue weighted by atomic mass is 16.5. The summed E-state index contributed by atoms with van der Waals surface area (Å²) in [5, 5.41) is 3.47. The van der Waals surface area contributed by atoms with Gasteiger partial charge in [-0.25, -0.2) is 0 Å². The fraction of sp³-hybridized carbons (Fsp3) is 0.588. The van der Waals surface area contributed by atoms with Gasteiger partial charge in [-0.2, -0.15) is 0 Å². The molecule has 3 atom stereocenters. The van der Waals surface area contributed by atoms with Crippen molar-refractivity contribution in [3.05, 3.63) is 29.3 Å².